The highest BCUT2D eigenvalue weighted by atomic mass is 35.5. The van der Waals surface area contributed by atoms with Crippen LogP contribution < -0.4 is 10.1 Å². The van der Waals surface area contributed by atoms with Gasteiger partial charge in [0.1, 0.15) is 0 Å². The van der Waals surface area contributed by atoms with Gasteiger partial charge in [-0.25, -0.2) is 0 Å². The van der Waals surface area contributed by atoms with Crippen molar-refractivity contribution < 1.29 is 4.74 Å². The first kappa shape index (κ1) is 14.1. The molecule has 0 atom stereocenters. The summed E-state index contributed by atoms with van der Waals surface area (Å²) in [4.78, 5) is 11.7. The predicted octanol–water partition coefficient (Wildman–Crippen LogP) is 3.89. The zero-order chi connectivity index (χ0) is 14.0. The first-order valence-corrected chi connectivity index (χ1v) is 6.31. The number of ether oxygens (including phenoxy) is 1. The molecule has 0 saturated heterocycles. The fourth-order valence-corrected chi connectivity index (χ4v) is 1.92. The summed E-state index contributed by atoms with van der Waals surface area (Å²) in [5.41, 5.74) is 1.45. The minimum Gasteiger partial charge on any atom is -0.467 e. The molecule has 1 heterocycles. The zero-order valence-electron chi connectivity index (χ0n) is 10.0. The summed E-state index contributed by atoms with van der Waals surface area (Å²) >= 11 is 17.9. The second kappa shape index (κ2) is 5.77. The van der Waals surface area contributed by atoms with Crippen molar-refractivity contribution >= 4 is 46.4 Å². The second-order valence-electron chi connectivity index (χ2n) is 3.62. The Morgan fingerprint density at radius 1 is 1.05 bits per heavy atom. The number of halogens is 3. The molecular formula is C11H9Cl3N4O. The minimum atomic E-state index is 0.0173. The maximum atomic E-state index is 6.11. The molecule has 0 radical (unpaired) electrons. The van der Waals surface area contributed by atoms with Crippen molar-refractivity contribution in [3.05, 3.63) is 33.0 Å². The average Bonchev–Trinajstić information content (AvgIpc) is 2.35. The largest absolute Gasteiger partial charge is 0.467 e. The van der Waals surface area contributed by atoms with Gasteiger partial charge in [-0.1, -0.05) is 23.2 Å². The number of benzene rings is 1. The standard InChI is InChI=1S/C11H9Cl3N4O/c1-5-3-7(13)8(4-6(5)12)15-10-16-9(14)17-11(18-10)19-2/h3-4H,1-2H3,(H,15,16,17,18). The molecule has 0 amide bonds. The van der Waals surface area contributed by atoms with Crippen LogP contribution in [0.5, 0.6) is 6.01 Å². The van der Waals surface area contributed by atoms with Crippen LogP contribution in [0.1, 0.15) is 5.56 Å². The molecule has 2 rings (SSSR count). The molecule has 2 aromatic rings. The fraction of sp³-hybridized carbons (Fsp3) is 0.182. The summed E-state index contributed by atoms with van der Waals surface area (Å²) in [6.07, 6.45) is 0. The molecule has 0 spiro atoms. The molecule has 1 aromatic carbocycles. The van der Waals surface area contributed by atoms with E-state index < -0.39 is 0 Å². The van der Waals surface area contributed by atoms with Crippen molar-refractivity contribution in [1.82, 2.24) is 15.0 Å². The van der Waals surface area contributed by atoms with E-state index in [0.29, 0.717) is 15.7 Å². The van der Waals surface area contributed by atoms with Gasteiger partial charge in [-0.2, -0.15) is 15.0 Å². The maximum absolute atomic E-state index is 6.11. The van der Waals surface area contributed by atoms with Gasteiger partial charge < -0.3 is 10.1 Å². The molecule has 0 aliphatic rings. The first-order chi connectivity index (χ1) is 8.99. The number of nitrogens with zero attached hydrogens (tertiary/aromatic N) is 3. The molecule has 0 bridgehead atoms. The Morgan fingerprint density at radius 2 is 1.79 bits per heavy atom. The van der Waals surface area contributed by atoms with Crippen LogP contribution in [-0.2, 0) is 0 Å². The molecule has 1 aromatic heterocycles. The first-order valence-electron chi connectivity index (χ1n) is 5.18. The Bertz CT molecular complexity index is 621. The Kier molecular flexibility index (Phi) is 4.29. The summed E-state index contributed by atoms with van der Waals surface area (Å²) in [6, 6.07) is 3.53. The monoisotopic (exact) mass is 318 g/mol. The second-order valence-corrected chi connectivity index (χ2v) is 4.77. The number of nitrogens with one attached hydrogen (secondary N) is 1. The van der Waals surface area contributed by atoms with Crippen LogP contribution in [0.4, 0.5) is 11.6 Å². The van der Waals surface area contributed by atoms with Gasteiger partial charge in [-0.05, 0) is 36.2 Å². The lowest BCUT2D eigenvalue weighted by atomic mass is 10.2. The van der Waals surface area contributed by atoms with Crippen LogP contribution in [-0.4, -0.2) is 22.1 Å². The average molecular weight is 320 g/mol. The highest BCUT2D eigenvalue weighted by Gasteiger charge is 2.09. The van der Waals surface area contributed by atoms with Gasteiger partial charge in [-0.15, -0.1) is 0 Å². The molecule has 0 aliphatic carbocycles. The lowest BCUT2D eigenvalue weighted by Crippen LogP contribution is -2.02. The van der Waals surface area contributed by atoms with Crippen molar-refractivity contribution in [2.24, 2.45) is 0 Å². The van der Waals surface area contributed by atoms with Gasteiger partial charge in [0, 0.05) is 5.02 Å². The number of anilines is 2. The van der Waals surface area contributed by atoms with Crippen molar-refractivity contribution in [3.8, 4) is 6.01 Å². The summed E-state index contributed by atoms with van der Waals surface area (Å²) in [5, 5.41) is 4.01. The van der Waals surface area contributed by atoms with Gasteiger partial charge in [0.15, 0.2) is 0 Å². The number of methoxy groups -OCH3 is 1. The molecular weight excluding hydrogens is 311 g/mol. The maximum Gasteiger partial charge on any atom is 0.322 e. The smallest absolute Gasteiger partial charge is 0.322 e. The summed E-state index contributed by atoms with van der Waals surface area (Å²) in [5.74, 6) is 0.221. The highest BCUT2D eigenvalue weighted by molar-refractivity contribution is 6.35. The van der Waals surface area contributed by atoms with E-state index >= 15 is 0 Å². The van der Waals surface area contributed by atoms with Gasteiger partial charge in [0.2, 0.25) is 11.2 Å². The third-order valence-corrected chi connectivity index (χ3v) is 3.15. The summed E-state index contributed by atoms with van der Waals surface area (Å²) in [6.45, 7) is 1.86. The third-order valence-electron chi connectivity index (χ3n) is 2.26. The topological polar surface area (TPSA) is 59.9 Å². The van der Waals surface area contributed by atoms with Crippen molar-refractivity contribution in [2.75, 3.05) is 12.4 Å². The Balaban J connectivity index is 2.36. The molecule has 0 unspecified atom stereocenters. The fourth-order valence-electron chi connectivity index (χ4n) is 1.34. The molecule has 100 valence electrons. The highest BCUT2D eigenvalue weighted by Crippen LogP contribution is 2.30. The predicted molar refractivity (Wildman–Crippen MR) is 75.9 cm³/mol. The van der Waals surface area contributed by atoms with E-state index in [1.807, 2.05) is 6.92 Å². The van der Waals surface area contributed by atoms with E-state index in [0.717, 1.165) is 5.56 Å². The van der Waals surface area contributed by atoms with E-state index in [1.54, 1.807) is 12.1 Å². The number of aryl methyl sites for hydroxylation is 1. The van der Waals surface area contributed by atoms with Crippen LogP contribution in [0.25, 0.3) is 0 Å². The third kappa shape index (κ3) is 3.37. The van der Waals surface area contributed by atoms with Crippen LogP contribution in [0.3, 0.4) is 0 Å². The molecule has 5 nitrogen and oxygen atoms in total. The van der Waals surface area contributed by atoms with Gasteiger partial charge in [0.05, 0.1) is 17.8 Å². The lowest BCUT2D eigenvalue weighted by Gasteiger charge is -2.09. The summed E-state index contributed by atoms with van der Waals surface area (Å²) in [7, 11) is 1.44. The lowest BCUT2D eigenvalue weighted by molar-refractivity contribution is 0.379. The zero-order valence-corrected chi connectivity index (χ0v) is 12.3. The van der Waals surface area contributed by atoms with Crippen molar-refractivity contribution in [1.29, 1.82) is 0 Å². The van der Waals surface area contributed by atoms with E-state index in [2.05, 4.69) is 20.3 Å². The molecule has 8 heteroatoms. The number of hydrogen-bond acceptors (Lipinski definition) is 5. The number of hydrogen-bond donors (Lipinski definition) is 1. The molecule has 0 fully saturated rings. The van der Waals surface area contributed by atoms with E-state index in [9.17, 15) is 0 Å². The molecule has 1 N–H and O–H groups in total. The number of aromatic nitrogens is 3. The Morgan fingerprint density at radius 3 is 2.47 bits per heavy atom. The van der Waals surface area contributed by atoms with Crippen LogP contribution >= 0.6 is 34.8 Å². The van der Waals surface area contributed by atoms with E-state index in [1.165, 1.54) is 7.11 Å². The minimum absolute atomic E-state index is 0.0173. The van der Waals surface area contributed by atoms with Gasteiger partial charge in [-0.3, -0.25) is 0 Å². The Hall–Kier alpha value is -1.30. The van der Waals surface area contributed by atoms with Gasteiger partial charge >= 0.3 is 6.01 Å². The van der Waals surface area contributed by atoms with E-state index in [4.69, 9.17) is 39.5 Å². The Labute approximate surface area is 124 Å². The molecule has 0 saturated carbocycles. The summed E-state index contributed by atoms with van der Waals surface area (Å²) < 4.78 is 4.90. The van der Waals surface area contributed by atoms with Crippen molar-refractivity contribution in [2.45, 2.75) is 6.92 Å². The van der Waals surface area contributed by atoms with E-state index in [-0.39, 0.29) is 17.2 Å². The van der Waals surface area contributed by atoms with Gasteiger partial charge in [0.25, 0.3) is 0 Å². The SMILES string of the molecule is COc1nc(Cl)nc(Nc2cc(Cl)c(C)cc2Cl)n1. The molecule has 0 aliphatic heterocycles. The number of rotatable bonds is 3. The van der Waals surface area contributed by atoms with Crippen molar-refractivity contribution in [3.63, 3.8) is 0 Å². The quantitative estimate of drug-likeness (QED) is 0.930. The normalized spacial score (nSPS) is 10.4. The van der Waals surface area contributed by atoms with Crippen LogP contribution in [0.15, 0.2) is 12.1 Å². The van der Waals surface area contributed by atoms with Crippen LogP contribution in [0.2, 0.25) is 15.3 Å². The van der Waals surface area contributed by atoms with Crippen LogP contribution in [0, 0.1) is 6.92 Å². The molecule has 19 heavy (non-hydrogen) atoms.